The minimum Gasteiger partial charge on any atom is -0.493 e. The SMILES string of the molecule is COc1cc(CNc2c(-c3cc(C)c(C)cc3C)c(=O)c2=O)cc(OC)c1OC. The molecule has 0 aliphatic rings. The fourth-order valence-electron chi connectivity index (χ4n) is 3.48. The highest BCUT2D eigenvalue weighted by atomic mass is 16.5. The lowest BCUT2D eigenvalue weighted by molar-refractivity contribution is 0.324. The predicted molar refractivity (Wildman–Crippen MR) is 114 cm³/mol. The highest BCUT2D eigenvalue weighted by Gasteiger charge is 2.24. The van der Waals surface area contributed by atoms with Crippen molar-refractivity contribution in [2.75, 3.05) is 26.6 Å². The molecule has 0 aliphatic heterocycles. The molecule has 3 aromatic rings. The Kier molecular flexibility index (Phi) is 5.64. The summed E-state index contributed by atoms with van der Waals surface area (Å²) in [7, 11) is 4.64. The smallest absolute Gasteiger partial charge is 0.250 e. The number of anilines is 1. The fraction of sp³-hybridized carbons (Fsp3) is 0.304. The third kappa shape index (κ3) is 3.58. The van der Waals surface area contributed by atoms with E-state index in [-0.39, 0.29) is 0 Å². The first-order chi connectivity index (χ1) is 13.8. The zero-order valence-electron chi connectivity index (χ0n) is 17.6. The maximum Gasteiger partial charge on any atom is 0.250 e. The van der Waals surface area contributed by atoms with Crippen LogP contribution >= 0.6 is 0 Å². The zero-order chi connectivity index (χ0) is 21.3. The number of methoxy groups -OCH3 is 3. The van der Waals surface area contributed by atoms with Crippen molar-refractivity contribution in [1.29, 1.82) is 0 Å². The summed E-state index contributed by atoms with van der Waals surface area (Å²) in [6.45, 7) is 6.30. The lowest BCUT2D eigenvalue weighted by atomic mass is 9.91. The van der Waals surface area contributed by atoms with Crippen LogP contribution in [0.15, 0.2) is 33.9 Å². The summed E-state index contributed by atoms with van der Waals surface area (Å²) in [5.74, 6) is 1.55. The van der Waals surface area contributed by atoms with E-state index in [2.05, 4.69) is 5.32 Å². The van der Waals surface area contributed by atoms with Gasteiger partial charge in [0.05, 0.1) is 32.6 Å². The molecule has 0 fully saturated rings. The van der Waals surface area contributed by atoms with Crippen LogP contribution in [0, 0.1) is 20.8 Å². The Morgan fingerprint density at radius 3 is 1.90 bits per heavy atom. The van der Waals surface area contributed by atoms with E-state index in [4.69, 9.17) is 14.2 Å². The van der Waals surface area contributed by atoms with Gasteiger partial charge < -0.3 is 19.5 Å². The molecule has 0 radical (unpaired) electrons. The summed E-state index contributed by atoms with van der Waals surface area (Å²) >= 11 is 0. The van der Waals surface area contributed by atoms with Gasteiger partial charge in [-0.15, -0.1) is 0 Å². The number of nitrogens with one attached hydrogen (secondary N) is 1. The second-order valence-corrected chi connectivity index (χ2v) is 7.05. The average Bonchev–Trinajstić information content (AvgIpc) is 2.72. The molecule has 0 unspecified atom stereocenters. The minimum absolute atomic E-state index is 0.332. The number of benzene rings is 2. The van der Waals surface area contributed by atoms with Gasteiger partial charge in [0.2, 0.25) is 16.6 Å². The van der Waals surface area contributed by atoms with E-state index in [1.165, 1.54) is 0 Å². The van der Waals surface area contributed by atoms with Gasteiger partial charge in [-0.2, -0.15) is 0 Å². The van der Waals surface area contributed by atoms with Crippen LogP contribution in [-0.4, -0.2) is 21.3 Å². The summed E-state index contributed by atoms with van der Waals surface area (Å²) in [4.78, 5) is 24.5. The Morgan fingerprint density at radius 2 is 1.34 bits per heavy atom. The van der Waals surface area contributed by atoms with Crippen molar-refractivity contribution in [3.63, 3.8) is 0 Å². The summed E-state index contributed by atoms with van der Waals surface area (Å²) in [6.07, 6.45) is 0. The largest absolute Gasteiger partial charge is 0.493 e. The molecule has 0 aliphatic carbocycles. The highest BCUT2D eigenvalue weighted by Crippen LogP contribution is 2.38. The van der Waals surface area contributed by atoms with E-state index in [9.17, 15) is 9.59 Å². The second kappa shape index (κ2) is 7.99. The van der Waals surface area contributed by atoms with Crippen molar-refractivity contribution in [2.45, 2.75) is 27.3 Å². The van der Waals surface area contributed by atoms with E-state index in [0.717, 1.165) is 27.8 Å². The van der Waals surface area contributed by atoms with E-state index in [1.807, 2.05) is 32.9 Å². The van der Waals surface area contributed by atoms with Gasteiger partial charge in [0.1, 0.15) is 0 Å². The normalized spacial score (nSPS) is 10.8. The molecular formula is C23H25NO5. The molecule has 29 heavy (non-hydrogen) atoms. The molecule has 6 heteroatoms. The van der Waals surface area contributed by atoms with Crippen LogP contribution in [0.4, 0.5) is 5.69 Å². The van der Waals surface area contributed by atoms with Crippen LogP contribution in [0.25, 0.3) is 11.1 Å². The molecule has 0 saturated heterocycles. The zero-order valence-corrected chi connectivity index (χ0v) is 17.6. The average molecular weight is 395 g/mol. The standard InChI is InChI=1S/C23H25NO5/c1-12-7-14(3)16(8-13(12)2)19-20(22(26)21(19)25)24-11-15-9-17(27-4)23(29-6)18(10-15)28-5/h7-10,24H,11H2,1-6H3. The van der Waals surface area contributed by atoms with Crippen LogP contribution in [0.2, 0.25) is 0 Å². The van der Waals surface area contributed by atoms with Gasteiger partial charge in [0, 0.05) is 6.54 Å². The first-order valence-corrected chi connectivity index (χ1v) is 9.26. The maximum absolute atomic E-state index is 12.3. The molecule has 3 aromatic carbocycles. The van der Waals surface area contributed by atoms with Crippen LogP contribution < -0.4 is 30.4 Å². The molecule has 0 atom stereocenters. The molecule has 6 nitrogen and oxygen atoms in total. The third-order valence-corrected chi connectivity index (χ3v) is 5.21. The number of hydrogen-bond acceptors (Lipinski definition) is 6. The molecule has 3 rings (SSSR count). The molecule has 0 bridgehead atoms. The second-order valence-electron chi connectivity index (χ2n) is 7.05. The lowest BCUT2D eigenvalue weighted by Gasteiger charge is -2.18. The number of hydrogen-bond donors (Lipinski definition) is 1. The quantitative estimate of drug-likeness (QED) is 0.617. The van der Waals surface area contributed by atoms with Crippen molar-refractivity contribution in [3.05, 3.63) is 67.0 Å². The Balaban J connectivity index is 1.95. The van der Waals surface area contributed by atoms with Crippen molar-refractivity contribution < 1.29 is 14.2 Å². The van der Waals surface area contributed by atoms with Gasteiger partial charge in [-0.05, 0) is 60.7 Å². The summed E-state index contributed by atoms with van der Waals surface area (Å²) < 4.78 is 16.1. The van der Waals surface area contributed by atoms with Gasteiger partial charge in [-0.25, -0.2) is 0 Å². The number of ether oxygens (including phenoxy) is 3. The molecule has 0 spiro atoms. The Hall–Kier alpha value is -3.28. The molecule has 0 heterocycles. The predicted octanol–water partition coefficient (Wildman–Crippen LogP) is 3.51. The third-order valence-electron chi connectivity index (χ3n) is 5.21. The summed E-state index contributed by atoms with van der Waals surface area (Å²) in [6, 6.07) is 7.61. The van der Waals surface area contributed by atoms with Crippen LogP contribution in [-0.2, 0) is 6.54 Å². The summed E-state index contributed by atoms with van der Waals surface area (Å²) in [5, 5.41) is 3.12. The first kappa shape index (κ1) is 20.5. The van der Waals surface area contributed by atoms with Gasteiger partial charge in [0.25, 0.3) is 0 Å². The fourth-order valence-corrected chi connectivity index (χ4v) is 3.48. The van der Waals surface area contributed by atoms with E-state index < -0.39 is 10.9 Å². The molecule has 1 N–H and O–H groups in total. The van der Waals surface area contributed by atoms with E-state index in [1.54, 1.807) is 33.5 Å². The Labute approximate surface area is 169 Å². The first-order valence-electron chi connectivity index (χ1n) is 9.26. The van der Waals surface area contributed by atoms with Gasteiger partial charge in [-0.3, -0.25) is 9.59 Å². The van der Waals surface area contributed by atoms with Crippen molar-refractivity contribution >= 4 is 5.69 Å². The van der Waals surface area contributed by atoms with Crippen molar-refractivity contribution in [1.82, 2.24) is 0 Å². The van der Waals surface area contributed by atoms with Crippen LogP contribution in [0.1, 0.15) is 22.3 Å². The maximum atomic E-state index is 12.3. The van der Waals surface area contributed by atoms with Crippen molar-refractivity contribution in [3.8, 4) is 28.4 Å². The highest BCUT2D eigenvalue weighted by molar-refractivity contribution is 5.84. The van der Waals surface area contributed by atoms with Crippen LogP contribution in [0.3, 0.4) is 0 Å². The van der Waals surface area contributed by atoms with E-state index in [0.29, 0.717) is 35.0 Å². The number of rotatable bonds is 7. The Morgan fingerprint density at radius 1 is 0.759 bits per heavy atom. The molecule has 0 aromatic heterocycles. The van der Waals surface area contributed by atoms with Gasteiger partial charge >= 0.3 is 0 Å². The van der Waals surface area contributed by atoms with E-state index >= 15 is 0 Å². The number of aryl methyl sites for hydroxylation is 3. The van der Waals surface area contributed by atoms with Crippen molar-refractivity contribution in [2.24, 2.45) is 0 Å². The molecule has 0 saturated carbocycles. The van der Waals surface area contributed by atoms with Gasteiger partial charge in [-0.1, -0.05) is 12.1 Å². The lowest BCUT2D eigenvalue weighted by Crippen LogP contribution is -2.36. The summed E-state index contributed by atoms with van der Waals surface area (Å²) in [5.41, 5.74) is 4.66. The Bertz CT molecular complexity index is 1110. The molecule has 152 valence electrons. The molecular weight excluding hydrogens is 370 g/mol. The monoisotopic (exact) mass is 395 g/mol. The van der Waals surface area contributed by atoms with Gasteiger partial charge in [0.15, 0.2) is 11.5 Å². The van der Waals surface area contributed by atoms with Crippen LogP contribution in [0.5, 0.6) is 17.2 Å². The topological polar surface area (TPSA) is 73.9 Å². The minimum atomic E-state index is -0.495. The molecule has 0 amide bonds.